The van der Waals surface area contributed by atoms with Crippen LogP contribution in [0.5, 0.6) is 5.75 Å². The van der Waals surface area contributed by atoms with E-state index in [-0.39, 0.29) is 0 Å². The van der Waals surface area contributed by atoms with Gasteiger partial charge in [-0.25, -0.2) is 14.4 Å². The number of para-hydroxylation sites is 1. The van der Waals surface area contributed by atoms with E-state index in [9.17, 15) is 14.4 Å². The largest absolute Gasteiger partial charge is 0.367 e. The zero-order valence-electron chi connectivity index (χ0n) is 8.89. The molecule has 2 rings (SSSR count). The summed E-state index contributed by atoms with van der Waals surface area (Å²) in [6.45, 7) is 1.76. The van der Waals surface area contributed by atoms with Gasteiger partial charge >= 0.3 is 17.1 Å². The molecule has 1 aromatic carbocycles. The molecule has 2 N–H and O–H groups in total. The van der Waals surface area contributed by atoms with Gasteiger partial charge in [-0.15, -0.1) is 0 Å². The monoisotopic (exact) mass is 235 g/mol. The third-order valence-corrected chi connectivity index (χ3v) is 2.09. The van der Waals surface area contributed by atoms with E-state index in [1.165, 1.54) is 0 Å². The van der Waals surface area contributed by atoms with E-state index in [4.69, 9.17) is 4.84 Å². The van der Waals surface area contributed by atoms with Crippen molar-refractivity contribution in [3.8, 4) is 5.75 Å². The fraction of sp³-hybridized carbons (Fsp3) is 0.100. The van der Waals surface area contributed by atoms with Crippen LogP contribution in [-0.4, -0.2) is 14.7 Å². The van der Waals surface area contributed by atoms with Gasteiger partial charge in [0.2, 0.25) is 0 Å². The first-order valence-corrected chi connectivity index (χ1v) is 4.77. The molecule has 0 atom stereocenters. The maximum absolute atomic E-state index is 11.3. The molecule has 0 fully saturated rings. The van der Waals surface area contributed by atoms with Crippen LogP contribution in [0.15, 0.2) is 38.6 Å². The molecule has 7 heteroatoms. The van der Waals surface area contributed by atoms with E-state index in [0.717, 1.165) is 5.56 Å². The lowest BCUT2D eigenvalue weighted by atomic mass is 10.2. The summed E-state index contributed by atoms with van der Waals surface area (Å²) in [5.74, 6) is 0.354. The van der Waals surface area contributed by atoms with Gasteiger partial charge in [0.1, 0.15) is 0 Å². The molecule has 17 heavy (non-hydrogen) atoms. The Kier molecular flexibility index (Phi) is 2.65. The van der Waals surface area contributed by atoms with E-state index in [1.54, 1.807) is 31.2 Å². The fourth-order valence-electron chi connectivity index (χ4n) is 1.26. The van der Waals surface area contributed by atoms with Crippen LogP contribution in [0.25, 0.3) is 0 Å². The zero-order valence-corrected chi connectivity index (χ0v) is 8.89. The average molecular weight is 235 g/mol. The Labute approximate surface area is 94.3 Å². The lowest BCUT2D eigenvalue weighted by molar-refractivity contribution is 0.182. The van der Waals surface area contributed by atoms with Gasteiger partial charge in [0.15, 0.2) is 5.75 Å². The summed E-state index contributed by atoms with van der Waals surface area (Å²) < 4.78 is 0.448. The fourth-order valence-corrected chi connectivity index (χ4v) is 1.26. The first-order valence-electron chi connectivity index (χ1n) is 4.77. The molecule has 0 aliphatic heterocycles. The van der Waals surface area contributed by atoms with E-state index in [0.29, 0.717) is 10.5 Å². The number of rotatable bonds is 2. The Morgan fingerprint density at radius 2 is 1.65 bits per heavy atom. The summed E-state index contributed by atoms with van der Waals surface area (Å²) in [5, 5.41) is 0. The first kappa shape index (κ1) is 10.9. The van der Waals surface area contributed by atoms with Crippen LogP contribution in [-0.2, 0) is 0 Å². The lowest BCUT2D eigenvalue weighted by Crippen LogP contribution is -2.45. The van der Waals surface area contributed by atoms with Crippen LogP contribution in [0.1, 0.15) is 5.56 Å². The van der Waals surface area contributed by atoms with Gasteiger partial charge < -0.3 is 4.84 Å². The van der Waals surface area contributed by atoms with Crippen LogP contribution in [0.4, 0.5) is 0 Å². The highest BCUT2D eigenvalue weighted by molar-refractivity contribution is 5.31. The maximum Gasteiger partial charge on any atom is 0.367 e. The van der Waals surface area contributed by atoms with Crippen LogP contribution in [0, 0.1) is 6.92 Å². The predicted molar refractivity (Wildman–Crippen MR) is 59.1 cm³/mol. The third-order valence-electron chi connectivity index (χ3n) is 2.09. The molecule has 0 unspecified atom stereocenters. The first-order chi connectivity index (χ1) is 8.08. The normalized spacial score (nSPS) is 10.2. The van der Waals surface area contributed by atoms with Gasteiger partial charge in [0.05, 0.1) is 0 Å². The molecule has 0 aliphatic rings. The second-order valence-electron chi connectivity index (χ2n) is 3.34. The standard InChI is InChI=1S/C10H9N3O4/c1-6-4-2-3-5-7(6)17-13-9(15)11-8(14)12-10(13)16/h2-5H,1H3,(H2,11,12,14,15,16). The van der Waals surface area contributed by atoms with Crippen molar-refractivity contribution in [2.24, 2.45) is 0 Å². The molecule has 0 spiro atoms. The molecule has 1 heterocycles. The van der Waals surface area contributed by atoms with Gasteiger partial charge in [-0.05, 0) is 18.6 Å². The topological polar surface area (TPSA) is 96.9 Å². The van der Waals surface area contributed by atoms with Crippen molar-refractivity contribution >= 4 is 0 Å². The van der Waals surface area contributed by atoms with Crippen molar-refractivity contribution in [3.63, 3.8) is 0 Å². The van der Waals surface area contributed by atoms with Crippen molar-refractivity contribution in [2.75, 3.05) is 0 Å². The third kappa shape index (κ3) is 2.17. The summed E-state index contributed by atoms with van der Waals surface area (Å²) >= 11 is 0. The predicted octanol–water partition coefficient (Wildman–Crippen LogP) is -0.625. The van der Waals surface area contributed by atoms with Gasteiger partial charge in [-0.1, -0.05) is 22.9 Å². The minimum atomic E-state index is -0.929. The minimum absolute atomic E-state index is 0.354. The number of aromatic amines is 2. The molecule has 1 aromatic heterocycles. The van der Waals surface area contributed by atoms with Crippen LogP contribution >= 0.6 is 0 Å². The molecule has 88 valence electrons. The van der Waals surface area contributed by atoms with Crippen molar-refractivity contribution < 1.29 is 4.84 Å². The van der Waals surface area contributed by atoms with Crippen molar-refractivity contribution in [3.05, 3.63) is 61.3 Å². The molecule has 2 aromatic rings. The summed E-state index contributed by atoms with van der Waals surface area (Å²) in [6, 6.07) is 6.86. The van der Waals surface area contributed by atoms with Crippen LogP contribution in [0.3, 0.4) is 0 Å². The molecule has 0 saturated heterocycles. The molecule has 0 radical (unpaired) electrons. The number of nitrogens with one attached hydrogen (secondary N) is 2. The molecule has 0 bridgehead atoms. The Hall–Kier alpha value is -2.57. The number of hydrogen-bond acceptors (Lipinski definition) is 4. The van der Waals surface area contributed by atoms with Gasteiger partial charge in [0, 0.05) is 0 Å². The molecule has 0 amide bonds. The molecule has 0 saturated carbocycles. The quantitative estimate of drug-likeness (QED) is 0.724. The van der Waals surface area contributed by atoms with Crippen LogP contribution < -0.4 is 21.9 Å². The summed E-state index contributed by atoms with van der Waals surface area (Å²) in [5.41, 5.74) is -1.97. The molecular weight excluding hydrogens is 226 g/mol. The van der Waals surface area contributed by atoms with E-state index in [1.807, 2.05) is 9.97 Å². The van der Waals surface area contributed by atoms with Crippen molar-refractivity contribution in [2.45, 2.75) is 6.92 Å². The Bertz CT molecular complexity index is 676. The average Bonchev–Trinajstić information content (AvgIpc) is 2.25. The number of hydrogen-bond donors (Lipinski definition) is 2. The van der Waals surface area contributed by atoms with E-state index in [2.05, 4.69) is 0 Å². The number of aromatic nitrogens is 3. The Morgan fingerprint density at radius 3 is 2.24 bits per heavy atom. The number of benzene rings is 1. The van der Waals surface area contributed by atoms with Crippen LogP contribution in [0.2, 0.25) is 0 Å². The Morgan fingerprint density at radius 1 is 1.06 bits per heavy atom. The molecule has 7 nitrogen and oxygen atoms in total. The SMILES string of the molecule is Cc1ccccc1On1c(=O)[nH]c(=O)[nH]c1=O. The summed E-state index contributed by atoms with van der Waals surface area (Å²) in [4.78, 5) is 42.4. The highest BCUT2D eigenvalue weighted by atomic mass is 16.7. The maximum atomic E-state index is 11.3. The van der Waals surface area contributed by atoms with Gasteiger partial charge in [-0.3, -0.25) is 9.97 Å². The van der Waals surface area contributed by atoms with Crippen molar-refractivity contribution in [1.82, 2.24) is 14.7 Å². The second kappa shape index (κ2) is 4.12. The Balaban J connectivity index is 2.52. The highest BCUT2D eigenvalue weighted by Crippen LogP contribution is 2.15. The number of nitrogens with zero attached hydrogens (tertiary/aromatic N) is 1. The van der Waals surface area contributed by atoms with E-state index < -0.39 is 17.1 Å². The van der Waals surface area contributed by atoms with E-state index >= 15 is 0 Å². The number of aryl methyl sites for hydroxylation is 1. The smallest absolute Gasteiger partial charge is 0.366 e. The molecular formula is C10H9N3O4. The molecule has 0 aliphatic carbocycles. The second-order valence-corrected chi connectivity index (χ2v) is 3.34. The number of H-pyrrole nitrogens is 2. The summed E-state index contributed by atoms with van der Waals surface area (Å²) in [6.07, 6.45) is 0. The van der Waals surface area contributed by atoms with Gasteiger partial charge in [0.25, 0.3) is 0 Å². The summed E-state index contributed by atoms with van der Waals surface area (Å²) in [7, 11) is 0. The lowest BCUT2D eigenvalue weighted by Gasteiger charge is -2.07. The van der Waals surface area contributed by atoms with Gasteiger partial charge in [-0.2, -0.15) is 0 Å². The van der Waals surface area contributed by atoms with Crippen molar-refractivity contribution in [1.29, 1.82) is 0 Å². The zero-order chi connectivity index (χ0) is 12.4. The highest BCUT2D eigenvalue weighted by Gasteiger charge is 2.06. The minimum Gasteiger partial charge on any atom is -0.366 e.